The molecular weight excluding hydrogens is 458 g/mol. The fraction of sp³-hybridized carbons (Fsp3) is 0.125. The number of para-hydroxylation sites is 3. The molecule has 1 saturated heterocycles. The minimum absolute atomic E-state index is 0.306. The molecular formula is C24H18BrN3O3. The van der Waals surface area contributed by atoms with Crippen LogP contribution < -0.4 is 14.6 Å². The Morgan fingerprint density at radius 3 is 2.26 bits per heavy atom. The van der Waals surface area contributed by atoms with Crippen LogP contribution in [0.2, 0.25) is 0 Å². The van der Waals surface area contributed by atoms with Crippen LogP contribution in [0.1, 0.15) is 5.56 Å². The van der Waals surface area contributed by atoms with Gasteiger partial charge in [0.25, 0.3) is 5.91 Å². The second kappa shape index (κ2) is 7.67. The third-order valence-corrected chi connectivity index (χ3v) is 6.06. The molecule has 0 saturated carbocycles. The van der Waals surface area contributed by atoms with E-state index in [9.17, 15) is 9.59 Å². The van der Waals surface area contributed by atoms with Crippen molar-refractivity contribution in [3.63, 3.8) is 0 Å². The summed E-state index contributed by atoms with van der Waals surface area (Å²) < 4.78 is 6.34. The molecule has 31 heavy (non-hydrogen) atoms. The molecule has 154 valence electrons. The molecule has 0 N–H and O–H groups in total. The van der Waals surface area contributed by atoms with E-state index in [2.05, 4.69) is 15.9 Å². The van der Waals surface area contributed by atoms with Crippen LogP contribution >= 0.6 is 15.9 Å². The highest BCUT2D eigenvalue weighted by atomic mass is 79.9. The fourth-order valence-electron chi connectivity index (χ4n) is 4.12. The molecule has 5 rings (SSSR count). The Morgan fingerprint density at radius 2 is 1.55 bits per heavy atom. The first-order valence-corrected chi connectivity index (χ1v) is 10.6. The number of rotatable bonds is 4. The van der Waals surface area contributed by atoms with Gasteiger partial charge in [0.05, 0.1) is 24.2 Å². The maximum absolute atomic E-state index is 13.6. The van der Waals surface area contributed by atoms with E-state index < -0.39 is 12.0 Å². The third-order valence-electron chi connectivity index (χ3n) is 5.54. The molecule has 3 aromatic rings. The Hall–Kier alpha value is -3.45. The lowest BCUT2D eigenvalue weighted by molar-refractivity contribution is -0.121. The first kappa shape index (κ1) is 19.5. The third kappa shape index (κ3) is 3.13. The van der Waals surface area contributed by atoms with Gasteiger partial charge in [-0.2, -0.15) is 5.10 Å². The van der Waals surface area contributed by atoms with Crippen molar-refractivity contribution in [2.45, 2.75) is 6.04 Å². The molecule has 2 amide bonds. The van der Waals surface area contributed by atoms with Gasteiger partial charge in [-0.3, -0.25) is 14.6 Å². The highest BCUT2D eigenvalue weighted by Crippen LogP contribution is 2.41. The molecule has 2 aliphatic rings. The van der Waals surface area contributed by atoms with Gasteiger partial charge in [-0.05, 0) is 42.0 Å². The molecule has 0 spiro atoms. The van der Waals surface area contributed by atoms with E-state index in [1.165, 1.54) is 12.0 Å². The van der Waals surface area contributed by atoms with Gasteiger partial charge in [-0.25, -0.2) is 4.90 Å². The van der Waals surface area contributed by atoms with E-state index in [-0.39, 0.29) is 11.8 Å². The number of ether oxygens (including phenoxy) is 1. The number of hydrazone groups is 1. The van der Waals surface area contributed by atoms with Crippen molar-refractivity contribution in [1.82, 2.24) is 0 Å². The van der Waals surface area contributed by atoms with Crippen molar-refractivity contribution in [3.05, 3.63) is 88.9 Å². The number of halogens is 1. The van der Waals surface area contributed by atoms with Crippen LogP contribution in [-0.2, 0) is 9.59 Å². The van der Waals surface area contributed by atoms with E-state index in [0.717, 1.165) is 15.7 Å². The Morgan fingerprint density at radius 1 is 0.871 bits per heavy atom. The summed E-state index contributed by atoms with van der Waals surface area (Å²) in [5.41, 5.74) is 2.59. The van der Waals surface area contributed by atoms with Crippen LogP contribution in [0, 0.1) is 5.92 Å². The van der Waals surface area contributed by atoms with E-state index in [1.807, 2.05) is 54.6 Å². The number of hydrogen-bond acceptors (Lipinski definition) is 5. The summed E-state index contributed by atoms with van der Waals surface area (Å²) in [6.07, 6.45) is 0. The SMILES string of the molecule is COc1ccccc1N1C(=O)C2C(c3ccc(Br)cc3)=NN(c3ccccc3)C2C1=O. The zero-order valence-electron chi connectivity index (χ0n) is 16.6. The molecule has 6 nitrogen and oxygen atoms in total. The maximum Gasteiger partial charge on any atom is 0.260 e. The van der Waals surface area contributed by atoms with Gasteiger partial charge in [-0.1, -0.05) is 58.4 Å². The van der Waals surface area contributed by atoms with Crippen LogP contribution in [0.25, 0.3) is 0 Å². The van der Waals surface area contributed by atoms with Crippen molar-refractivity contribution in [3.8, 4) is 5.75 Å². The Kier molecular flexibility index (Phi) is 4.82. The van der Waals surface area contributed by atoms with Crippen LogP contribution in [-0.4, -0.2) is 30.7 Å². The Labute approximate surface area is 187 Å². The maximum atomic E-state index is 13.6. The molecule has 0 aliphatic carbocycles. The average Bonchev–Trinajstić information content (AvgIpc) is 3.32. The van der Waals surface area contributed by atoms with Gasteiger partial charge in [0, 0.05) is 4.47 Å². The van der Waals surface area contributed by atoms with Crippen molar-refractivity contribution >= 4 is 44.8 Å². The zero-order chi connectivity index (χ0) is 21.5. The zero-order valence-corrected chi connectivity index (χ0v) is 18.2. The summed E-state index contributed by atoms with van der Waals surface area (Å²) in [5.74, 6) is -0.866. The predicted octanol–water partition coefficient (Wildman–Crippen LogP) is 4.24. The number of hydrogen-bond donors (Lipinski definition) is 0. The lowest BCUT2D eigenvalue weighted by atomic mass is 9.93. The lowest BCUT2D eigenvalue weighted by Gasteiger charge is -2.22. The van der Waals surface area contributed by atoms with Crippen molar-refractivity contribution in [1.29, 1.82) is 0 Å². The molecule has 2 heterocycles. The second-order valence-corrected chi connectivity index (χ2v) is 8.19. The topological polar surface area (TPSA) is 62.2 Å². The number of anilines is 2. The molecule has 0 radical (unpaired) electrons. The highest BCUT2D eigenvalue weighted by Gasteiger charge is 2.57. The summed E-state index contributed by atoms with van der Waals surface area (Å²) in [5, 5.41) is 6.41. The van der Waals surface area contributed by atoms with Gasteiger partial charge in [-0.15, -0.1) is 0 Å². The number of carbonyl (C=O) groups excluding carboxylic acids is 2. The van der Waals surface area contributed by atoms with E-state index in [4.69, 9.17) is 9.84 Å². The number of amides is 2. The van der Waals surface area contributed by atoms with Crippen molar-refractivity contribution in [2.75, 3.05) is 17.0 Å². The van der Waals surface area contributed by atoms with Gasteiger partial charge in [0.1, 0.15) is 17.7 Å². The molecule has 2 unspecified atom stereocenters. The minimum atomic E-state index is -0.751. The Balaban J connectivity index is 1.65. The molecule has 0 bridgehead atoms. The Bertz CT molecular complexity index is 1190. The molecule has 2 atom stereocenters. The van der Waals surface area contributed by atoms with E-state index in [1.54, 1.807) is 29.3 Å². The van der Waals surface area contributed by atoms with Crippen molar-refractivity contribution < 1.29 is 14.3 Å². The monoisotopic (exact) mass is 475 g/mol. The van der Waals surface area contributed by atoms with E-state index >= 15 is 0 Å². The molecule has 3 aromatic carbocycles. The first-order chi connectivity index (χ1) is 15.1. The second-order valence-electron chi connectivity index (χ2n) is 7.28. The predicted molar refractivity (Wildman–Crippen MR) is 122 cm³/mol. The number of carbonyl (C=O) groups is 2. The fourth-order valence-corrected chi connectivity index (χ4v) is 4.38. The van der Waals surface area contributed by atoms with Crippen molar-refractivity contribution in [2.24, 2.45) is 11.0 Å². The van der Waals surface area contributed by atoms with Crippen LogP contribution in [0.4, 0.5) is 11.4 Å². The smallest absolute Gasteiger partial charge is 0.260 e. The summed E-state index contributed by atoms with van der Waals surface area (Å²) in [7, 11) is 1.52. The van der Waals surface area contributed by atoms with Gasteiger partial charge < -0.3 is 4.74 Å². The van der Waals surface area contributed by atoms with Gasteiger partial charge in [0.15, 0.2) is 0 Å². The number of methoxy groups -OCH3 is 1. The number of imide groups is 1. The molecule has 0 aromatic heterocycles. The van der Waals surface area contributed by atoms with Crippen LogP contribution in [0.3, 0.4) is 0 Å². The number of nitrogens with zero attached hydrogens (tertiary/aromatic N) is 3. The average molecular weight is 476 g/mol. The van der Waals surface area contributed by atoms with Gasteiger partial charge in [0.2, 0.25) is 5.91 Å². The minimum Gasteiger partial charge on any atom is -0.495 e. The van der Waals surface area contributed by atoms with Gasteiger partial charge >= 0.3 is 0 Å². The normalized spacial score (nSPS) is 20.1. The van der Waals surface area contributed by atoms with Crippen LogP contribution in [0.5, 0.6) is 5.75 Å². The quantitative estimate of drug-likeness (QED) is 0.529. The standard InChI is InChI=1S/C24H18BrN3O3/c1-31-19-10-6-5-9-18(19)27-23(29)20-21(15-11-13-16(25)14-12-15)26-28(22(20)24(27)30)17-7-3-2-4-8-17/h2-14,20,22H,1H3. The summed E-state index contributed by atoms with van der Waals surface area (Å²) in [4.78, 5) is 28.5. The number of benzene rings is 3. The number of fused-ring (bicyclic) bond motifs is 1. The summed E-state index contributed by atoms with van der Waals surface area (Å²) in [6, 6.07) is 23.3. The summed E-state index contributed by atoms with van der Waals surface area (Å²) >= 11 is 3.44. The summed E-state index contributed by atoms with van der Waals surface area (Å²) in [6.45, 7) is 0. The highest BCUT2D eigenvalue weighted by molar-refractivity contribution is 9.10. The van der Waals surface area contributed by atoms with Crippen LogP contribution in [0.15, 0.2) is 88.4 Å². The largest absolute Gasteiger partial charge is 0.495 e. The molecule has 7 heteroatoms. The lowest BCUT2D eigenvalue weighted by Crippen LogP contribution is -2.39. The first-order valence-electron chi connectivity index (χ1n) is 9.79. The van der Waals surface area contributed by atoms with E-state index in [0.29, 0.717) is 17.1 Å². The molecule has 2 aliphatic heterocycles. The molecule has 1 fully saturated rings.